The van der Waals surface area contributed by atoms with E-state index in [2.05, 4.69) is 0 Å². The molecule has 3 nitrogen and oxygen atoms in total. The lowest BCUT2D eigenvalue weighted by Gasteiger charge is -2.06. The summed E-state index contributed by atoms with van der Waals surface area (Å²) in [5.74, 6) is -1.48. The molecule has 0 radical (unpaired) electrons. The monoisotopic (exact) mass is 289 g/mol. The maximum absolute atomic E-state index is 13.5. The van der Waals surface area contributed by atoms with Crippen LogP contribution in [-0.2, 0) is 11.3 Å². The number of ether oxygens (including phenoxy) is 1. The normalized spacial score (nSPS) is 9.85. The number of rotatable bonds is 3. The van der Waals surface area contributed by atoms with Gasteiger partial charge in [-0.15, -0.1) is 0 Å². The van der Waals surface area contributed by atoms with Gasteiger partial charge in [-0.2, -0.15) is 5.26 Å². The number of carbonyl (C=O) groups is 1. The fourth-order valence-electron chi connectivity index (χ4n) is 1.56. The molecule has 0 bridgehead atoms. The summed E-state index contributed by atoms with van der Waals surface area (Å²) in [4.78, 5) is 11.7. The standard InChI is InChI=1S/C15H9ClFNO2/c16-12-5-6-13(14(17)7-12)15(19)20-9-11-3-1-10(8-18)2-4-11/h1-7H,9H2. The fraction of sp³-hybridized carbons (Fsp3) is 0.0667. The second-order valence-electron chi connectivity index (χ2n) is 4.01. The molecular weight excluding hydrogens is 281 g/mol. The van der Waals surface area contributed by atoms with Crippen molar-refractivity contribution >= 4 is 17.6 Å². The molecule has 0 heterocycles. The molecule has 0 saturated carbocycles. The van der Waals surface area contributed by atoms with Crippen LogP contribution < -0.4 is 0 Å². The van der Waals surface area contributed by atoms with Crippen LogP contribution in [-0.4, -0.2) is 5.97 Å². The highest BCUT2D eigenvalue weighted by molar-refractivity contribution is 6.30. The SMILES string of the molecule is N#Cc1ccc(COC(=O)c2ccc(Cl)cc2F)cc1. The average molecular weight is 290 g/mol. The van der Waals surface area contributed by atoms with Gasteiger partial charge >= 0.3 is 5.97 Å². The van der Waals surface area contributed by atoms with Gasteiger partial charge in [0.1, 0.15) is 12.4 Å². The van der Waals surface area contributed by atoms with Gasteiger partial charge in [-0.3, -0.25) is 0 Å². The van der Waals surface area contributed by atoms with E-state index >= 15 is 0 Å². The molecule has 0 fully saturated rings. The van der Waals surface area contributed by atoms with Crippen molar-refractivity contribution in [2.45, 2.75) is 6.61 Å². The van der Waals surface area contributed by atoms with Crippen molar-refractivity contribution in [3.05, 3.63) is 70.0 Å². The van der Waals surface area contributed by atoms with E-state index in [1.807, 2.05) is 6.07 Å². The molecule has 5 heteroatoms. The summed E-state index contributed by atoms with van der Waals surface area (Å²) < 4.78 is 18.5. The molecule has 2 rings (SSSR count). The average Bonchev–Trinajstić information content (AvgIpc) is 2.45. The summed E-state index contributed by atoms with van der Waals surface area (Å²) in [6.45, 7) is 0.00656. The van der Waals surface area contributed by atoms with Gasteiger partial charge in [0.25, 0.3) is 0 Å². The Kier molecular flexibility index (Phi) is 4.34. The zero-order chi connectivity index (χ0) is 14.5. The molecular formula is C15H9ClFNO2. The van der Waals surface area contributed by atoms with E-state index in [1.165, 1.54) is 12.1 Å². The lowest BCUT2D eigenvalue weighted by Crippen LogP contribution is -2.07. The third kappa shape index (κ3) is 3.34. The van der Waals surface area contributed by atoms with Gasteiger partial charge < -0.3 is 4.74 Å². The van der Waals surface area contributed by atoms with Crippen LogP contribution in [0, 0.1) is 17.1 Å². The smallest absolute Gasteiger partial charge is 0.341 e. The molecule has 100 valence electrons. The molecule has 0 aliphatic rings. The van der Waals surface area contributed by atoms with Crippen molar-refractivity contribution in [2.75, 3.05) is 0 Å². The Morgan fingerprint density at radius 3 is 2.55 bits per heavy atom. The lowest BCUT2D eigenvalue weighted by atomic mass is 10.1. The highest BCUT2D eigenvalue weighted by atomic mass is 35.5. The molecule has 0 spiro atoms. The minimum atomic E-state index is -0.761. The molecule has 0 saturated heterocycles. The Labute approximate surface area is 120 Å². The van der Waals surface area contributed by atoms with Crippen molar-refractivity contribution in [1.29, 1.82) is 5.26 Å². The maximum atomic E-state index is 13.5. The number of halogens is 2. The highest BCUT2D eigenvalue weighted by Crippen LogP contribution is 2.16. The van der Waals surface area contributed by atoms with Crippen LogP contribution in [0.2, 0.25) is 5.02 Å². The third-order valence-corrected chi connectivity index (χ3v) is 2.84. The summed E-state index contributed by atoms with van der Waals surface area (Å²) in [5, 5.41) is 8.87. The quantitative estimate of drug-likeness (QED) is 0.809. The summed E-state index contributed by atoms with van der Waals surface area (Å²) >= 11 is 5.60. The summed E-state index contributed by atoms with van der Waals surface area (Å²) in [6, 6.07) is 12.3. The van der Waals surface area contributed by atoms with Gasteiger partial charge in [-0.1, -0.05) is 23.7 Å². The predicted molar refractivity (Wildman–Crippen MR) is 71.7 cm³/mol. The van der Waals surface area contributed by atoms with Gasteiger partial charge in [0, 0.05) is 5.02 Å². The molecule has 0 unspecified atom stereocenters. The zero-order valence-corrected chi connectivity index (χ0v) is 11.0. The van der Waals surface area contributed by atoms with E-state index in [4.69, 9.17) is 21.6 Å². The summed E-state index contributed by atoms with van der Waals surface area (Å²) in [5.41, 5.74) is 1.07. The number of carbonyl (C=O) groups excluding carboxylic acids is 1. The van der Waals surface area contributed by atoms with Crippen LogP contribution in [0.5, 0.6) is 0 Å². The number of nitrogens with zero attached hydrogens (tertiary/aromatic N) is 1. The summed E-state index contributed by atoms with van der Waals surface area (Å²) in [7, 11) is 0. The van der Waals surface area contributed by atoms with Crippen LogP contribution in [0.3, 0.4) is 0 Å². The number of hydrogen-bond acceptors (Lipinski definition) is 3. The Hall–Kier alpha value is -2.38. The molecule has 2 aromatic rings. The first-order valence-corrected chi connectivity index (χ1v) is 6.09. The van der Waals surface area contributed by atoms with E-state index in [-0.39, 0.29) is 17.2 Å². The van der Waals surface area contributed by atoms with Crippen LogP contribution in [0.15, 0.2) is 42.5 Å². The van der Waals surface area contributed by atoms with E-state index in [0.29, 0.717) is 11.1 Å². The van der Waals surface area contributed by atoms with Gasteiger partial charge in [0.05, 0.1) is 17.2 Å². The van der Waals surface area contributed by atoms with Gasteiger partial charge in [0.2, 0.25) is 0 Å². The molecule has 0 aliphatic heterocycles. The first-order chi connectivity index (χ1) is 9.60. The number of esters is 1. The van der Waals surface area contributed by atoms with Gasteiger partial charge in [0.15, 0.2) is 0 Å². The number of benzene rings is 2. The van der Waals surface area contributed by atoms with Crippen molar-refractivity contribution in [3.8, 4) is 6.07 Å². The highest BCUT2D eigenvalue weighted by Gasteiger charge is 2.13. The largest absolute Gasteiger partial charge is 0.457 e. The topological polar surface area (TPSA) is 50.1 Å². The Morgan fingerprint density at radius 2 is 1.95 bits per heavy atom. The number of hydrogen-bond donors (Lipinski definition) is 0. The van der Waals surface area contributed by atoms with Crippen LogP contribution in [0.4, 0.5) is 4.39 Å². The van der Waals surface area contributed by atoms with E-state index in [0.717, 1.165) is 6.07 Å². The first-order valence-electron chi connectivity index (χ1n) is 5.71. The molecule has 0 aromatic heterocycles. The predicted octanol–water partition coefficient (Wildman–Crippen LogP) is 3.71. The minimum absolute atomic E-state index is 0.00656. The van der Waals surface area contributed by atoms with Crippen molar-refractivity contribution in [1.82, 2.24) is 0 Å². The lowest BCUT2D eigenvalue weighted by molar-refractivity contribution is 0.0467. The zero-order valence-electron chi connectivity index (χ0n) is 10.3. The molecule has 20 heavy (non-hydrogen) atoms. The number of nitriles is 1. The van der Waals surface area contributed by atoms with Crippen molar-refractivity contribution in [2.24, 2.45) is 0 Å². The van der Waals surface area contributed by atoms with Gasteiger partial charge in [-0.05, 0) is 35.9 Å². The van der Waals surface area contributed by atoms with Crippen LogP contribution in [0.1, 0.15) is 21.5 Å². The Balaban J connectivity index is 2.03. The Bertz CT molecular complexity index is 677. The van der Waals surface area contributed by atoms with Gasteiger partial charge in [-0.25, -0.2) is 9.18 Å². The second kappa shape index (κ2) is 6.18. The molecule has 0 amide bonds. The van der Waals surface area contributed by atoms with Crippen molar-refractivity contribution < 1.29 is 13.9 Å². The summed E-state index contributed by atoms with van der Waals surface area (Å²) in [6.07, 6.45) is 0. The van der Waals surface area contributed by atoms with Crippen molar-refractivity contribution in [3.63, 3.8) is 0 Å². The maximum Gasteiger partial charge on any atom is 0.341 e. The molecule has 0 atom stereocenters. The second-order valence-corrected chi connectivity index (χ2v) is 4.45. The molecule has 0 N–H and O–H groups in total. The van der Waals surface area contributed by atoms with Crippen LogP contribution >= 0.6 is 11.6 Å². The Morgan fingerprint density at radius 1 is 1.25 bits per heavy atom. The third-order valence-electron chi connectivity index (χ3n) is 2.60. The molecule has 0 aliphatic carbocycles. The van der Waals surface area contributed by atoms with E-state index in [9.17, 15) is 9.18 Å². The molecule has 2 aromatic carbocycles. The minimum Gasteiger partial charge on any atom is -0.457 e. The van der Waals surface area contributed by atoms with E-state index < -0.39 is 11.8 Å². The fourth-order valence-corrected chi connectivity index (χ4v) is 1.72. The van der Waals surface area contributed by atoms with E-state index in [1.54, 1.807) is 24.3 Å². The van der Waals surface area contributed by atoms with Crippen LogP contribution in [0.25, 0.3) is 0 Å². The first kappa shape index (κ1) is 14.0.